The van der Waals surface area contributed by atoms with Crippen molar-refractivity contribution in [2.75, 3.05) is 13.2 Å². The lowest BCUT2D eigenvalue weighted by Gasteiger charge is -2.18. The number of allylic oxidation sites excluding steroid dienone is 10. The fraction of sp³-hybridized carbons (Fsp3) is 0.819. The van der Waals surface area contributed by atoms with E-state index >= 15 is 0 Å². The molecule has 0 saturated heterocycles. The summed E-state index contributed by atoms with van der Waals surface area (Å²) in [6, 6.07) is 0. The Labute approximate surface area is 485 Å². The number of hydrogen-bond acceptors (Lipinski definition) is 6. The maximum absolute atomic E-state index is 12.9. The minimum Gasteiger partial charge on any atom is -0.462 e. The standard InChI is InChI=1S/C72H130O6/c1-4-7-10-13-16-19-22-25-28-31-33-34-35-36-37-39-41-44-47-50-53-56-59-62-65-71(74)77-68-69(67-76-70(73)64-61-58-55-52-49-46-43-40-30-27-24-21-18-15-12-9-6-3)78-72(75)66-63-60-57-54-51-48-45-42-38-32-29-26-23-20-17-14-11-8-5-2/h17-18,20-21,26-27,29-30,38,42,69H,4-16,19,22-25,28,31-37,39-41,43-68H2,1-3H3/b20-17-,21-18-,29-26-,30-27-,42-38-. The van der Waals surface area contributed by atoms with E-state index < -0.39 is 6.10 Å². The van der Waals surface area contributed by atoms with Crippen LogP contribution >= 0.6 is 0 Å². The van der Waals surface area contributed by atoms with Gasteiger partial charge in [0.05, 0.1) is 0 Å². The number of rotatable bonds is 63. The van der Waals surface area contributed by atoms with Crippen LogP contribution in [0.5, 0.6) is 0 Å². The van der Waals surface area contributed by atoms with Gasteiger partial charge in [0.15, 0.2) is 6.10 Å². The molecule has 6 heteroatoms. The Morgan fingerprint density at radius 2 is 0.462 bits per heavy atom. The molecule has 0 aliphatic heterocycles. The van der Waals surface area contributed by atoms with Crippen LogP contribution in [-0.2, 0) is 28.6 Å². The SMILES string of the molecule is CCCCC/C=C\C/C=C\C/C=C\CCCCCCCCC(=O)OC(COC(=O)CCCCCCCCC/C=C\C/C=C\CCCCC)COC(=O)CCCCCCCCCCCCCCCCCCCCCCCCCC. The van der Waals surface area contributed by atoms with Gasteiger partial charge in [-0.3, -0.25) is 14.4 Å². The molecule has 0 fully saturated rings. The lowest BCUT2D eigenvalue weighted by molar-refractivity contribution is -0.167. The van der Waals surface area contributed by atoms with Crippen LogP contribution in [0.15, 0.2) is 60.8 Å². The fourth-order valence-corrected chi connectivity index (χ4v) is 10.1. The number of esters is 3. The van der Waals surface area contributed by atoms with E-state index in [1.807, 2.05) is 0 Å². The topological polar surface area (TPSA) is 78.9 Å². The first-order chi connectivity index (χ1) is 38.5. The molecule has 78 heavy (non-hydrogen) atoms. The van der Waals surface area contributed by atoms with E-state index in [1.54, 1.807) is 0 Å². The molecule has 1 atom stereocenters. The van der Waals surface area contributed by atoms with Crippen molar-refractivity contribution in [3.63, 3.8) is 0 Å². The van der Waals surface area contributed by atoms with Crippen LogP contribution in [-0.4, -0.2) is 37.2 Å². The minimum atomic E-state index is -0.785. The maximum atomic E-state index is 12.9. The van der Waals surface area contributed by atoms with Crippen molar-refractivity contribution < 1.29 is 28.6 Å². The Balaban J connectivity index is 4.33. The van der Waals surface area contributed by atoms with E-state index in [0.717, 1.165) is 96.3 Å². The number of carbonyl (C=O) groups is 3. The third kappa shape index (κ3) is 63.9. The summed E-state index contributed by atoms with van der Waals surface area (Å²) in [4.78, 5) is 38.4. The van der Waals surface area contributed by atoms with Gasteiger partial charge in [-0.1, -0.05) is 313 Å². The average molecular weight is 1090 g/mol. The van der Waals surface area contributed by atoms with Crippen LogP contribution in [0.2, 0.25) is 0 Å². The number of ether oxygens (including phenoxy) is 3. The van der Waals surface area contributed by atoms with E-state index in [1.165, 1.54) is 225 Å². The van der Waals surface area contributed by atoms with Crippen LogP contribution in [0.3, 0.4) is 0 Å². The molecular formula is C72H130O6. The first-order valence-corrected chi connectivity index (χ1v) is 34.3. The van der Waals surface area contributed by atoms with Crippen molar-refractivity contribution in [3.05, 3.63) is 60.8 Å². The summed E-state index contributed by atoms with van der Waals surface area (Å²) in [5.74, 6) is -0.878. The van der Waals surface area contributed by atoms with Crippen molar-refractivity contribution in [2.24, 2.45) is 0 Å². The van der Waals surface area contributed by atoms with Crippen molar-refractivity contribution in [2.45, 2.75) is 367 Å². The monoisotopic (exact) mass is 1090 g/mol. The molecule has 0 radical (unpaired) electrons. The van der Waals surface area contributed by atoms with Crippen molar-refractivity contribution in [3.8, 4) is 0 Å². The van der Waals surface area contributed by atoms with Crippen molar-refractivity contribution in [1.82, 2.24) is 0 Å². The summed E-state index contributed by atoms with van der Waals surface area (Å²) in [7, 11) is 0. The Kier molecular flexibility index (Phi) is 64.2. The Bertz CT molecular complexity index is 1390. The zero-order valence-corrected chi connectivity index (χ0v) is 52.2. The first-order valence-electron chi connectivity index (χ1n) is 34.3. The van der Waals surface area contributed by atoms with Gasteiger partial charge in [-0.15, -0.1) is 0 Å². The molecule has 0 rings (SSSR count). The zero-order valence-electron chi connectivity index (χ0n) is 52.2. The van der Waals surface area contributed by atoms with Gasteiger partial charge in [-0.25, -0.2) is 0 Å². The van der Waals surface area contributed by atoms with Crippen LogP contribution in [0.1, 0.15) is 361 Å². The summed E-state index contributed by atoms with van der Waals surface area (Å²) in [6.07, 6.45) is 85.2. The second-order valence-corrected chi connectivity index (χ2v) is 23.1. The molecule has 0 aliphatic carbocycles. The lowest BCUT2D eigenvalue weighted by atomic mass is 10.0. The molecule has 6 nitrogen and oxygen atoms in total. The molecule has 0 amide bonds. The van der Waals surface area contributed by atoms with Crippen LogP contribution in [0.25, 0.3) is 0 Å². The van der Waals surface area contributed by atoms with E-state index in [0.29, 0.717) is 19.3 Å². The van der Waals surface area contributed by atoms with Crippen molar-refractivity contribution >= 4 is 17.9 Å². The molecule has 0 bridgehead atoms. The van der Waals surface area contributed by atoms with Gasteiger partial charge in [0.1, 0.15) is 13.2 Å². The molecule has 0 aliphatic rings. The quantitative estimate of drug-likeness (QED) is 0.0261. The normalized spacial score (nSPS) is 12.4. The highest BCUT2D eigenvalue weighted by molar-refractivity contribution is 5.71. The van der Waals surface area contributed by atoms with Gasteiger partial charge in [0.2, 0.25) is 0 Å². The van der Waals surface area contributed by atoms with Gasteiger partial charge >= 0.3 is 17.9 Å². The van der Waals surface area contributed by atoms with Gasteiger partial charge in [0.25, 0.3) is 0 Å². The van der Waals surface area contributed by atoms with Gasteiger partial charge in [-0.2, -0.15) is 0 Å². The molecule has 0 aromatic heterocycles. The van der Waals surface area contributed by atoms with E-state index in [2.05, 4.69) is 81.5 Å². The van der Waals surface area contributed by atoms with Crippen LogP contribution < -0.4 is 0 Å². The van der Waals surface area contributed by atoms with Crippen LogP contribution in [0, 0.1) is 0 Å². The minimum absolute atomic E-state index is 0.0789. The molecule has 0 N–H and O–H groups in total. The zero-order chi connectivity index (χ0) is 56.4. The predicted molar refractivity (Wildman–Crippen MR) is 339 cm³/mol. The highest BCUT2D eigenvalue weighted by Crippen LogP contribution is 2.18. The summed E-state index contributed by atoms with van der Waals surface area (Å²) in [5.41, 5.74) is 0. The summed E-state index contributed by atoms with van der Waals surface area (Å²) in [5, 5.41) is 0. The molecule has 0 aromatic rings. The Hall–Kier alpha value is -2.89. The summed E-state index contributed by atoms with van der Waals surface area (Å²) in [6.45, 7) is 6.63. The summed E-state index contributed by atoms with van der Waals surface area (Å²) >= 11 is 0. The Morgan fingerprint density at radius 3 is 0.744 bits per heavy atom. The molecule has 0 aromatic carbocycles. The fourth-order valence-electron chi connectivity index (χ4n) is 10.1. The molecule has 0 heterocycles. The number of carbonyl (C=O) groups excluding carboxylic acids is 3. The van der Waals surface area contributed by atoms with Crippen molar-refractivity contribution in [1.29, 1.82) is 0 Å². The highest BCUT2D eigenvalue weighted by Gasteiger charge is 2.19. The lowest BCUT2D eigenvalue weighted by Crippen LogP contribution is -2.30. The van der Waals surface area contributed by atoms with E-state index in [4.69, 9.17) is 14.2 Å². The van der Waals surface area contributed by atoms with E-state index in [9.17, 15) is 14.4 Å². The van der Waals surface area contributed by atoms with Crippen LogP contribution in [0.4, 0.5) is 0 Å². The third-order valence-electron chi connectivity index (χ3n) is 15.2. The first kappa shape index (κ1) is 75.1. The highest BCUT2D eigenvalue weighted by atomic mass is 16.6. The van der Waals surface area contributed by atoms with Gasteiger partial charge in [-0.05, 0) is 89.9 Å². The molecule has 454 valence electrons. The molecular weight excluding hydrogens is 961 g/mol. The van der Waals surface area contributed by atoms with Gasteiger partial charge < -0.3 is 14.2 Å². The van der Waals surface area contributed by atoms with E-state index in [-0.39, 0.29) is 31.1 Å². The number of hydrogen-bond donors (Lipinski definition) is 0. The molecule has 0 saturated carbocycles. The average Bonchev–Trinajstić information content (AvgIpc) is 3.44. The number of unbranched alkanes of at least 4 members (excludes halogenated alkanes) is 42. The largest absolute Gasteiger partial charge is 0.462 e. The third-order valence-corrected chi connectivity index (χ3v) is 15.2. The smallest absolute Gasteiger partial charge is 0.306 e. The molecule has 0 spiro atoms. The molecule has 1 unspecified atom stereocenters. The second kappa shape index (κ2) is 66.6. The summed E-state index contributed by atoms with van der Waals surface area (Å²) < 4.78 is 17.0. The maximum Gasteiger partial charge on any atom is 0.306 e. The van der Waals surface area contributed by atoms with Gasteiger partial charge in [0, 0.05) is 19.3 Å². The second-order valence-electron chi connectivity index (χ2n) is 23.1. The predicted octanol–water partition coefficient (Wildman–Crippen LogP) is 23.5. The Morgan fingerprint density at radius 1 is 0.256 bits per heavy atom.